The van der Waals surface area contributed by atoms with Gasteiger partial charge in [0.25, 0.3) is 5.91 Å². The molecule has 2 aliphatic rings. The number of carbonyl (C=O) groups is 1. The predicted octanol–water partition coefficient (Wildman–Crippen LogP) is 4.06. The second kappa shape index (κ2) is 7.85. The summed E-state index contributed by atoms with van der Waals surface area (Å²) in [7, 11) is 1.55. The van der Waals surface area contributed by atoms with Gasteiger partial charge >= 0.3 is 0 Å². The number of alkyl halides is 1. The Balaban J connectivity index is 1.47. The number of halogens is 2. The lowest BCUT2D eigenvalue weighted by atomic mass is 9.96. The zero-order chi connectivity index (χ0) is 21.4. The second-order valence-electron chi connectivity index (χ2n) is 8.71. The van der Waals surface area contributed by atoms with Crippen LogP contribution in [-0.4, -0.2) is 42.3 Å². The summed E-state index contributed by atoms with van der Waals surface area (Å²) in [6.07, 6.45) is 5.02. The number of aromatic nitrogens is 1. The molecule has 0 spiro atoms. The van der Waals surface area contributed by atoms with Gasteiger partial charge in [-0.1, -0.05) is 0 Å². The molecule has 5 nitrogen and oxygen atoms in total. The highest BCUT2D eigenvalue weighted by Crippen LogP contribution is 2.41. The van der Waals surface area contributed by atoms with Gasteiger partial charge in [-0.15, -0.1) is 0 Å². The summed E-state index contributed by atoms with van der Waals surface area (Å²) in [5.41, 5.74) is 0.184. The first kappa shape index (κ1) is 20.6. The van der Waals surface area contributed by atoms with E-state index < -0.39 is 11.2 Å². The van der Waals surface area contributed by atoms with Crippen LogP contribution in [0.5, 0.6) is 5.75 Å². The lowest BCUT2D eigenvalue weighted by Crippen LogP contribution is -2.43. The standard InChI is InChI=1S/C23H27F2N3O2/c1-22(25)7-3-11-28(15-22)18-6-10-26-19(13-18)21(29)27-23(8-9-23)14-16-12-17(24)4-5-20(16)30-2/h4-6,10,12-13H,3,7-9,11,14-15H2,1-2H3,(H,27,29)/t22-/m1/s1. The first-order valence-corrected chi connectivity index (χ1v) is 10.3. The van der Waals surface area contributed by atoms with Crippen molar-refractivity contribution in [2.45, 2.75) is 50.2 Å². The van der Waals surface area contributed by atoms with E-state index in [9.17, 15) is 13.6 Å². The van der Waals surface area contributed by atoms with Gasteiger partial charge < -0.3 is 15.0 Å². The third-order valence-corrected chi connectivity index (χ3v) is 5.99. The van der Waals surface area contributed by atoms with E-state index in [4.69, 9.17) is 4.74 Å². The minimum atomic E-state index is -1.23. The van der Waals surface area contributed by atoms with Gasteiger partial charge in [0, 0.05) is 24.0 Å². The normalized spacial score (nSPS) is 22.5. The van der Waals surface area contributed by atoms with Crippen molar-refractivity contribution < 1.29 is 18.3 Å². The molecular weight excluding hydrogens is 388 g/mol. The molecule has 0 unspecified atom stereocenters. The van der Waals surface area contributed by atoms with Crippen LogP contribution in [0.25, 0.3) is 0 Å². The molecule has 1 amide bonds. The molecule has 2 aromatic rings. The number of pyridine rings is 1. The number of rotatable bonds is 6. The summed E-state index contributed by atoms with van der Waals surface area (Å²) >= 11 is 0. The minimum Gasteiger partial charge on any atom is -0.496 e. The largest absolute Gasteiger partial charge is 0.496 e. The fraction of sp³-hybridized carbons (Fsp3) is 0.478. The molecule has 1 saturated carbocycles. The summed E-state index contributed by atoms with van der Waals surface area (Å²) in [4.78, 5) is 19.1. The number of hydrogen-bond donors (Lipinski definition) is 1. The van der Waals surface area contributed by atoms with E-state index in [0.29, 0.717) is 30.8 Å². The van der Waals surface area contributed by atoms with E-state index in [2.05, 4.69) is 10.3 Å². The molecule has 160 valence electrons. The molecular formula is C23H27F2N3O2. The lowest BCUT2D eigenvalue weighted by molar-refractivity contribution is 0.0926. The SMILES string of the molecule is COc1ccc(F)cc1CC1(NC(=O)c2cc(N3CCC[C@@](C)(F)C3)ccn2)CC1. The Morgan fingerprint density at radius 3 is 2.77 bits per heavy atom. The maximum atomic E-state index is 14.4. The number of nitrogens with one attached hydrogen (secondary N) is 1. The van der Waals surface area contributed by atoms with Crippen LogP contribution < -0.4 is 15.0 Å². The van der Waals surface area contributed by atoms with Crippen molar-refractivity contribution in [3.8, 4) is 5.75 Å². The number of nitrogens with zero attached hydrogens (tertiary/aromatic N) is 2. The number of benzene rings is 1. The van der Waals surface area contributed by atoms with Crippen molar-refractivity contribution in [1.29, 1.82) is 0 Å². The van der Waals surface area contributed by atoms with Gasteiger partial charge in [-0.3, -0.25) is 9.78 Å². The fourth-order valence-electron chi connectivity index (χ4n) is 4.21. The van der Waals surface area contributed by atoms with Gasteiger partial charge in [-0.25, -0.2) is 8.78 Å². The lowest BCUT2D eigenvalue weighted by Gasteiger charge is -2.36. The number of ether oxygens (including phenoxy) is 1. The van der Waals surface area contributed by atoms with E-state index in [1.807, 2.05) is 11.0 Å². The van der Waals surface area contributed by atoms with Crippen LogP contribution in [0.3, 0.4) is 0 Å². The van der Waals surface area contributed by atoms with Gasteiger partial charge in [0.1, 0.15) is 22.9 Å². The van der Waals surface area contributed by atoms with Gasteiger partial charge in [-0.05, 0) is 74.9 Å². The smallest absolute Gasteiger partial charge is 0.270 e. The molecule has 1 N–H and O–H groups in total. The summed E-state index contributed by atoms with van der Waals surface area (Å²) in [6, 6.07) is 7.94. The maximum Gasteiger partial charge on any atom is 0.270 e. The van der Waals surface area contributed by atoms with Crippen LogP contribution in [-0.2, 0) is 6.42 Å². The average molecular weight is 415 g/mol. The zero-order valence-electron chi connectivity index (χ0n) is 17.4. The molecule has 0 bridgehead atoms. The van der Waals surface area contributed by atoms with Crippen LogP contribution in [0.2, 0.25) is 0 Å². The Morgan fingerprint density at radius 1 is 1.27 bits per heavy atom. The highest BCUT2D eigenvalue weighted by atomic mass is 19.1. The zero-order valence-corrected chi connectivity index (χ0v) is 17.4. The third-order valence-electron chi connectivity index (χ3n) is 5.99. The third kappa shape index (κ3) is 4.55. The van der Waals surface area contributed by atoms with Gasteiger partial charge in [0.15, 0.2) is 0 Å². The van der Waals surface area contributed by atoms with E-state index in [1.54, 1.807) is 32.4 Å². The van der Waals surface area contributed by atoms with E-state index in [0.717, 1.165) is 37.1 Å². The average Bonchev–Trinajstić information content (AvgIpc) is 3.46. The molecule has 1 atom stereocenters. The van der Waals surface area contributed by atoms with Crippen LogP contribution in [0.15, 0.2) is 36.5 Å². The molecule has 0 radical (unpaired) electrons. The molecule has 1 aromatic carbocycles. The monoisotopic (exact) mass is 415 g/mol. The molecule has 4 rings (SSSR count). The van der Waals surface area contributed by atoms with E-state index >= 15 is 0 Å². The van der Waals surface area contributed by atoms with Crippen molar-refractivity contribution in [2.24, 2.45) is 0 Å². The summed E-state index contributed by atoms with van der Waals surface area (Å²) in [6.45, 7) is 2.68. The van der Waals surface area contributed by atoms with Crippen LogP contribution in [0, 0.1) is 5.82 Å². The number of anilines is 1. The molecule has 1 aliphatic carbocycles. The summed E-state index contributed by atoms with van der Waals surface area (Å²) < 4.78 is 33.5. The number of amides is 1. The van der Waals surface area contributed by atoms with Crippen molar-refractivity contribution in [3.05, 3.63) is 53.6 Å². The van der Waals surface area contributed by atoms with Gasteiger partial charge in [0.05, 0.1) is 13.7 Å². The van der Waals surface area contributed by atoms with Gasteiger partial charge in [0.2, 0.25) is 0 Å². The van der Waals surface area contributed by atoms with Gasteiger partial charge in [-0.2, -0.15) is 0 Å². The highest BCUT2D eigenvalue weighted by molar-refractivity contribution is 5.94. The predicted molar refractivity (Wildman–Crippen MR) is 111 cm³/mol. The van der Waals surface area contributed by atoms with Crippen molar-refractivity contribution >= 4 is 11.6 Å². The van der Waals surface area contributed by atoms with E-state index in [1.165, 1.54) is 12.1 Å². The molecule has 30 heavy (non-hydrogen) atoms. The van der Waals surface area contributed by atoms with Crippen molar-refractivity contribution in [3.63, 3.8) is 0 Å². The topological polar surface area (TPSA) is 54.5 Å². The molecule has 1 aromatic heterocycles. The Labute approximate surface area is 175 Å². The second-order valence-corrected chi connectivity index (χ2v) is 8.71. The fourth-order valence-corrected chi connectivity index (χ4v) is 4.21. The highest BCUT2D eigenvalue weighted by Gasteiger charge is 2.45. The Hall–Kier alpha value is -2.70. The van der Waals surface area contributed by atoms with Crippen LogP contribution >= 0.6 is 0 Å². The number of carbonyl (C=O) groups excluding carboxylic acids is 1. The molecule has 7 heteroatoms. The molecule has 1 aliphatic heterocycles. The minimum absolute atomic E-state index is 0.273. The Kier molecular flexibility index (Phi) is 5.38. The van der Waals surface area contributed by atoms with Crippen LogP contribution in [0.1, 0.15) is 48.7 Å². The number of piperidine rings is 1. The quantitative estimate of drug-likeness (QED) is 0.773. The Morgan fingerprint density at radius 2 is 2.07 bits per heavy atom. The summed E-state index contributed by atoms with van der Waals surface area (Å²) in [5, 5.41) is 3.08. The first-order chi connectivity index (χ1) is 14.3. The van der Waals surface area contributed by atoms with Crippen molar-refractivity contribution in [2.75, 3.05) is 25.1 Å². The number of methoxy groups -OCH3 is 1. The van der Waals surface area contributed by atoms with E-state index in [-0.39, 0.29) is 11.7 Å². The first-order valence-electron chi connectivity index (χ1n) is 10.3. The Bertz CT molecular complexity index is 944. The molecule has 2 fully saturated rings. The van der Waals surface area contributed by atoms with Crippen molar-refractivity contribution in [1.82, 2.24) is 10.3 Å². The maximum absolute atomic E-state index is 14.4. The van der Waals surface area contributed by atoms with Crippen LogP contribution in [0.4, 0.5) is 14.5 Å². The molecule has 2 heterocycles. The number of hydrogen-bond acceptors (Lipinski definition) is 4. The molecule has 1 saturated heterocycles. The summed E-state index contributed by atoms with van der Waals surface area (Å²) in [5.74, 6) is 0.00449.